The lowest BCUT2D eigenvalue weighted by Crippen LogP contribution is -2.52. The quantitative estimate of drug-likeness (QED) is 0.902. The van der Waals surface area contributed by atoms with Gasteiger partial charge in [0.25, 0.3) is 0 Å². The Kier molecular flexibility index (Phi) is 4.66. The summed E-state index contributed by atoms with van der Waals surface area (Å²) in [5.41, 5.74) is 7.54. The number of nitrogens with zero attached hydrogens (tertiary/aromatic N) is 2. The van der Waals surface area contributed by atoms with Crippen molar-refractivity contribution in [2.45, 2.75) is 38.3 Å². The highest BCUT2D eigenvalue weighted by atomic mass is 16.3. The number of rotatable bonds is 4. The minimum absolute atomic E-state index is 0.133. The Morgan fingerprint density at radius 1 is 1.42 bits per heavy atom. The smallest absolute Gasteiger partial charge is 0.105 e. The van der Waals surface area contributed by atoms with Gasteiger partial charge < -0.3 is 15.1 Å². The molecule has 2 N–H and O–H groups in total. The van der Waals surface area contributed by atoms with Gasteiger partial charge in [-0.25, -0.2) is 0 Å². The Morgan fingerprint density at radius 2 is 2.21 bits per heavy atom. The maximum absolute atomic E-state index is 6.14. The number of nitrogens with two attached hydrogens (primary N) is 1. The maximum atomic E-state index is 6.14. The Morgan fingerprint density at radius 3 is 2.84 bits per heavy atom. The molecule has 0 amide bonds. The molecule has 4 heteroatoms. The van der Waals surface area contributed by atoms with Gasteiger partial charge in [0, 0.05) is 24.2 Å². The fourth-order valence-corrected chi connectivity index (χ4v) is 3.05. The predicted molar refractivity (Wildman–Crippen MR) is 78.0 cm³/mol. The maximum Gasteiger partial charge on any atom is 0.105 e. The fraction of sp³-hybridized carbons (Fsp3) is 0.733. The van der Waals surface area contributed by atoms with Crippen LogP contribution in [0, 0.1) is 6.92 Å². The summed E-state index contributed by atoms with van der Waals surface area (Å²) in [4.78, 5) is 4.85. The van der Waals surface area contributed by atoms with Gasteiger partial charge in [-0.05, 0) is 59.4 Å². The van der Waals surface area contributed by atoms with E-state index in [1.54, 1.807) is 6.26 Å². The summed E-state index contributed by atoms with van der Waals surface area (Å²) < 4.78 is 5.39. The van der Waals surface area contributed by atoms with Crippen LogP contribution in [0.2, 0.25) is 0 Å². The van der Waals surface area contributed by atoms with Gasteiger partial charge >= 0.3 is 0 Å². The van der Waals surface area contributed by atoms with Crippen molar-refractivity contribution in [2.75, 3.05) is 33.7 Å². The largest absolute Gasteiger partial charge is 0.469 e. The van der Waals surface area contributed by atoms with Crippen LogP contribution in [0.5, 0.6) is 0 Å². The highest BCUT2D eigenvalue weighted by Gasteiger charge is 2.34. The Bertz CT molecular complexity index is 404. The van der Waals surface area contributed by atoms with Crippen LogP contribution in [0.15, 0.2) is 16.7 Å². The van der Waals surface area contributed by atoms with Crippen molar-refractivity contribution in [1.82, 2.24) is 9.80 Å². The summed E-state index contributed by atoms with van der Waals surface area (Å²) in [7, 11) is 4.40. The second-order valence-corrected chi connectivity index (χ2v) is 5.94. The molecule has 19 heavy (non-hydrogen) atoms. The standard InChI is InChI=1S/C15H27N3O/c1-13-14(5-10-19-13)11-18(3)15(12-16)6-4-8-17(2)9-7-15/h5,10H,4,6-9,11-12,16H2,1-3H3. The molecule has 0 spiro atoms. The Hall–Kier alpha value is -0.840. The van der Waals surface area contributed by atoms with Crippen molar-refractivity contribution in [3.63, 3.8) is 0 Å². The topological polar surface area (TPSA) is 45.6 Å². The first kappa shape index (κ1) is 14.6. The van der Waals surface area contributed by atoms with Crippen molar-refractivity contribution < 1.29 is 4.42 Å². The van der Waals surface area contributed by atoms with Crippen molar-refractivity contribution in [1.29, 1.82) is 0 Å². The van der Waals surface area contributed by atoms with Crippen molar-refractivity contribution in [3.05, 3.63) is 23.7 Å². The molecule has 0 saturated carbocycles. The van der Waals surface area contributed by atoms with E-state index in [4.69, 9.17) is 10.2 Å². The molecule has 1 unspecified atom stereocenters. The summed E-state index contributed by atoms with van der Waals surface area (Å²) in [6.45, 7) is 5.99. The van der Waals surface area contributed by atoms with Crippen molar-refractivity contribution in [3.8, 4) is 0 Å². The van der Waals surface area contributed by atoms with Gasteiger partial charge in [0.1, 0.15) is 5.76 Å². The molecule has 0 aromatic carbocycles. The number of likely N-dealkylation sites (N-methyl/N-ethyl adjacent to an activating group) is 1. The third-order valence-electron chi connectivity index (χ3n) is 4.70. The third kappa shape index (κ3) is 3.19. The van der Waals surface area contributed by atoms with Gasteiger partial charge in [0.05, 0.1) is 6.26 Å². The number of likely N-dealkylation sites (tertiary alicyclic amines) is 1. The normalized spacial score (nSPS) is 25.7. The van der Waals surface area contributed by atoms with Gasteiger partial charge in [-0.15, -0.1) is 0 Å². The molecule has 0 aliphatic carbocycles. The number of hydrogen-bond donors (Lipinski definition) is 1. The SMILES string of the molecule is Cc1occc1CN(C)C1(CN)CCCN(C)CC1. The second kappa shape index (κ2) is 6.07. The zero-order valence-electron chi connectivity index (χ0n) is 12.5. The average molecular weight is 265 g/mol. The summed E-state index contributed by atoms with van der Waals surface area (Å²) >= 11 is 0. The van der Waals surface area contributed by atoms with Crippen LogP contribution >= 0.6 is 0 Å². The lowest BCUT2D eigenvalue weighted by molar-refractivity contribution is 0.0998. The molecular formula is C15H27N3O. The molecular weight excluding hydrogens is 238 g/mol. The van der Waals surface area contributed by atoms with Crippen LogP contribution in [0.25, 0.3) is 0 Å². The minimum Gasteiger partial charge on any atom is -0.469 e. The number of aryl methyl sites for hydroxylation is 1. The summed E-state index contributed by atoms with van der Waals surface area (Å²) in [6.07, 6.45) is 5.32. The third-order valence-corrected chi connectivity index (χ3v) is 4.70. The van der Waals surface area contributed by atoms with Crippen LogP contribution in [0.1, 0.15) is 30.6 Å². The van der Waals surface area contributed by atoms with Crippen LogP contribution in [0.4, 0.5) is 0 Å². The van der Waals surface area contributed by atoms with Crippen LogP contribution in [0.3, 0.4) is 0 Å². The lowest BCUT2D eigenvalue weighted by atomic mass is 9.88. The van der Waals surface area contributed by atoms with Gasteiger partial charge in [0.15, 0.2) is 0 Å². The summed E-state index contributed by atoms with van der Waals surface area (Å²) in [5, 5.41) is 0. The molecule has 108 valence electrons. The van der Waals surface area contributed by atoms with Crippen molar-refractivity contribution >= 4 is 0 Å². The van der Waals surface area contributed by atoms with E-state index in [0.29, 0.717) is 0 Å². The highest BCUT2D eigenvalue weighted by Crippen LogP contribution is 2.28. The van der Waals surface area contributed by atoms with Crippen LogP contribution in [-0.4, -0.2) is 49.1 Å². The van der Waals surface area contributed by atoms with E-state index in [1.165, 1.54) is 24.9 Å². The fourth-order valence-electron chi connectivity index (χ4n) is 3.05. The summed E-state index contributed by atoms with van der Waals surface area (Å²) in [5.74, 6) is 1.02. The second-order valence-electron chi connectivity index (χ2n) is 5.94. The van der Waals surface area contributed by atoms with Crippen LogP contribution in [-0.2, 0) is 6.54 Å². The highest BCUT2D eigenvalue weighted by molar-refractivity contribution is 5.16. The lowest BCUT2D eigenvalue weighted by Gasteiger charge is -2.40. The van der Waals surface area contributed by atoms with Crippen LogP contribution < -0.4 is 5.73 Å². The molecule has 2 heterocycles. The van der Waals surface area contributed by atoms with E-state index in [1.807, 2.05) is 6.92 Å². The minimum atomic E-state index is 0.133. The average Bonchev–Trinajstić information content (AvgIpc) is 2.69. The van der Waals surface area contributed by atoms with E-state index in [2.05, 4.69) is 30.0 Å². The number of furan rings is 1. The molecule has 1 fully saturated rings. The summed E-state index contributed by atoms with van der Waals surface area (Å²) in [6, 6.07) is 2.07. The van der Waals surface area contributed by atoms with E-state index in [-0.39, 0.29) is 5.54 Å². The predicted octanol–water partition coefficient (Wildman–Crippen LogP) is 1.83. The molecule has 4 nitrogen and oxygen atoms in total. The monoisotopic (exact) mass is 265 g/mol. The van der Waals surface area contributed by atoms with Gasteiger partial charge in [-0.3, -0.25) is 4.90 Å². The number of hydrogen-bond acceptors (Lipinski definition) is 4. The molecule has 1 aromatic rings. The zero-order chi connectivity index (χ0) is 13.9. The first-order valence-electron chi connectivity index (χ1n) is 7.20. The van der Waals surface area contributed by atoms with E-state index < -0.39 is 0 Å². The zero-order valence-corrected chi connectivity index (χ0v) is 12.5. The van der Waals surface area contributed by atoms with Gasteiger partial charge in [-0.2, -0.15) is 0 Å². The molecule has 0 bridgehead atoms. The van der Waals surface area contributed by atoms with Crippen molar-refractivity contribution in [2.24, 2.45) is 5.73 Å². The first-order valence-corrected chi connectivity index (χ1v) is 7.20. The molecule has 1 atom stereocenters. The molecule has 1 saturated heterocycles. The van der Waals surface area contributed by atoms with Gasteiger partial charge in [0.2, 0.25) is 0 Å². The Balaban J connectivity index is 2.09. The molecule has 0 radical (unpaired) electrons. The Labute approximate surface area is 116 Å². The van der Waals surface area contributed by atoms with E-state index in [0.717, 1.165) is 31.8 Å². The first-order chi connectivity index (χ1) is 9.07. The van der Waals surface area contributed by atoms with E-state index >= 15 is 0 Å². The molecule has 1 aliphatic heterocycles. The molecule has 1 aromatic heterocycles. The molecule has 2 rings (SSSR count). The van der Waals surface area contributed by atoms with Gasteiger partial charge in [-0.1, -0.05) is 0 Å². The molecule has 1 aliphatic rings. The van der Waals surface area contributed by atoms with E-state index in [9.17, 15) is 0 Å².